The molecular weight excluding hydrogens is 234 g/mol. The number of carboxylic acids is 1. The Balaban J connectivity index is 3.97. The standard InChI is InChI=1S/C7H13Cl2FN2O2/c8-7(9,10)12-5(6(13)14)3-1-2-4-11/h5,12H,1-4,11H2,(H,13,14). The number of carbonyl (C=O) groups is 1. The lowest BCUT2D eigenvalue weighted by Gasteiger charge is -2.18. The van der Waals surface area contributed by atoms with Gasteiger partial charge in [0.05, 0.1) is 0 Å². The molecular formula is C7H13Cl2FN2O2. The second kappa shape index (κ2) is 6.40. The summed E-state index contributed by atoms with van der Waals surface area (Å²) in [4.78, 5) is 10.6. The molecule has 0 aliphatic carbocycles. The Morgan fingerprint density at radius 2 is 2.14 bits per heavy atom. The van der Waals surface area contributed by atoms with Gasteiger partial charge in [0.25, 0.3) is 0 Å². The highest BCUT2D eigenvalue weighted by Gasteiger charge is 2.29. The molecule has 84 valence electrons. The van der Waals surface area contributed by atoms with Gasteiger partial charge in [-0.1, -0.05) is 6.42 Å². The van der Waals surface area contributed by atoms with Crippen molar-refractivity contribution in [2.45, 2.75) is 30.0 Å². The summed E-state index contributed by atoms with van der Waals surface area (Å²) in [6.45, 7) is 0.467. The summed E-state index contributed by atoms with van der Waals surface area (Å²) in [7, 11) is 0. The molecule has 0 aliphatic heterocycles. The zero-order chi connectivity index (χ0) is 11.2. The highest BCUT2D eigenvalue weighted by molar-refractivity contribution is 6.46. The van der Waals surface area contributed by atoms with E-state index in [0.29, 0.717) is 19.4 Å². The van der Waals surface area contributed by atoms with Crippen LogP contribution in [0.4, 0.5) is 4.39 Å². The normalized spacial score (nSPS) is 14.0. The Labute approximate surface area is 91.5 Å². The third-order valence-electron chi connectivity index (χ3n) is 1.58. The minimum Gasteiger partial charge on any atom is -0.480 e. The number of hydrogen-bond acceptors (Lipinski definition) is 3. The molecule has 0 bridgehead atoms. The highest BCUT2D eigenvalue weighted by Crippen LogP contribution is 2.20. The molecule has 0 heterocycles. The maximum atomic E-state index is 12.6. The zero-order valence-electron chi connectivity index (χ0n) is 7.47. The maximum absolute atomic E-state index is 12.6. The van der Waals surface area contributed by atoms with E-state index < -0.39 is 16.7 Å². The van der Waals surface area contributed by atoms with Crippen LogP contribution in [0, 0.1) is 0 Å². The van der Waals surface area contributed by atoms with Crippen LogP contribution in [0.5, 0.6) is 0 Å². The highest BCUT2D eigenvalue weighted by atomic mass is 35.5. The molecule has 0 radical (unpaired) electrons. The number of carboxylic acid groups (broad SMARTS) is 1. The van der Waals surface area contributed by atoms with Crippen molar-refractivity contribution in [3.63, 3.8) is 0 Å². The number of nitrogens with two attached hydrogens (primary N) is 1. The maximum Gasteiger partial charge on any atom is 0.320 e. The lowest BCUT2D eigenvalue weighted by molar-refractivity contribution is -0.140. The molecule has 0 amide bonds. The van der Waals surface area contributed by atoms with Gasteiger partial charge in [-0.25, -0.2) is 5.32 Å². The van der Waals surface area contributed by atoms with Gasteiger partial charge < -0.3 is 10.8 Å². The van der Waals surface area contributed by atoms with E-state index in [2.05, 4.69) is 0 Å². The van der Waals surface area contributed by atoms with Crippen LogP contribution in [-0.4, -0.2) is 28.4 Å². The molecule has 0 aromatic heterocycles. The SMILES string of the molecule is NCCCCC(NC(F)(Cl)Cl)C(=O)O. The fourth-order valence-electron chi connectivity index (χ4n) is 0.948. The van der Waals surface area contributed by atoms with E-state index >= 15 is 0 Å². The Morgan fingerprint density at radius 1 is 1.57 bits per heavy atom. The van der Waals surface area contributed by atoms with Crippen LogP contribution in [0.3, 0.4) is 0 Å². The molecule has 0 saturated heterocycles. The van der Waals surface area contributed by atoms with Gasteiger partial charge in [-0.2, -0.15) is 4.39 Å². The summed E-state index contributed by atoms with van der Waals surface area (Å²) >= 11 is 9.97. The summed E-state index contributed by atoms with van der Waals surface area (Å²) in [5.41, 5.74) is 5.22. The molecule has 0 aliphatic rings. The Kier molecular flexibility index (Phi) is 6.35. The van der Waals surface area contributed by atoms with Gasteiger partial charge >= 0.3 is 10.7 Å². The number of rotatable bonds is 7. The number of aliphatic carboxylic acids is 1. The largest absolute Gasteiger partial charge is 0.480 e. The van der Waals surface area contributed by atoms with Gasteiger partial charge in [-0.3, -0.25) is 4.79 Å². The van der Waals surface area contributed by atoms with Crippen LogP contribution in [0.2, 0.25) is 0 Å². The minimum absolute atomic E-state index is 0.234. The zero-order valence-corrected chi connectivity index (χ0v) is 8.98. The lowest BCUT2D eigenvalue weighted by Crippen LogP contribution is -2.44. The molecule has 0 rings (SSSR count). The molecule has 0 spiro atoms. The van der Waals surface area contributed by atoms with Crippen molar-refractivity contribution in [1.82, 2.24) is 5.32 Å². The summed E-state index contributed by atoms with van der Waals surface area (Å²) in [6.07, 6.45) is 1.48. The van der Waals surface area contributed by atoms with Crippen LogP contribution >= 0.6 is 23.2 Å². The van der Waals surface area contributed by atoms with Crippen molar-refractivity contribution < 1.29 is 14.3 Å². The molecule has 4 N–H and O–H groups in total. The summed E-state index contributed by atoms with van der Waals surface area (Å²) in [5.74, 6) is -1.19. The van der Waals surface area contributed by atoms with Crippen molar-refractivity contribution >= 4 is 29.2 Å². The van der Waals surface area contributed by atoms with Crippen molar-refractivity contribution in [2.24, 2.45) is 5.73 Å². The quantitative estimate of drug-likeness (QED) is 0.359. The van der Waals surface area contributed by atoms with Gasteiger partial charge in [0.2, 0.25) is 0 Å². The van der Waals surface area contributed by atoms with Crippen molar-refractivity contribution in [3.8, 4) is 0 Å². The van der Waals surface area contributed by atoms with Crippen molar-refractivity contribution in [1.29, 1.82) is 0 Å². The minimum atomic E-state index is -2.72. The number of halogens is 3. The fourth-order valence-corrected chi connectivity index (χ4v) is 1.21. The smallest absolute Gasteiger partial charge is 0.320 e. The van der Waals surface area contributed by atoms with Gasteiger partial charge in [0.1, 0.15) is 6.04 Å². The summed E-state index contributed by atoms with van der Waals surface area (Å²) < 4.78 is 9.92. The molecule has 7 heteroatoms. The summed E-state index contributed by atoms with van der Waals surface area (Å²) in [6, 6.07) is -1.10. The van der Waals surface area contributed by atoms with Gasteiger partial charge in [-0.15, -0.1) is 0 Å². The van der Waals surface area contributed by atoms with Crippen LogP contribution < -0.4 is 11.1 Å². The molecule has 0 aromatic carbocycles. The second-order valence-corrected chi connectivity index (χ2v) is 4.05. The lowest BCUT2D eigenvalue weighted by atomic mass is 10.1. The Morgan fingerprint density at radius 3 is 2.50 bits per heavy atom. The first kappa shape index (κ1) is 13.9. The molecule has 0 fully saturated rings. The van der Waals surface area contributed by atoms with E-state index in [1.807, 2.05) is 5.32 Å². The second-order valence-electron chi connectivity index (χ2n) is 2.82. The Hall–Kier alpha value is -0.100. The monoisotopic (exact) mass is 246 g/mol. The van der Waals surface area contributed by atoms with E-state index in [4.69, 9.17) is 34.0 Å². The Bertz CT molecular complexity index is 187. The van der Waals surface area contributed by atoms with Crippen LogP contribution in [0.15, 0.2) is 0 Å². The number of unbranched alkanes of at least 4 members (excludes halogenated alkanes) is 1. The number of hydrogen-bond donors (Lipinski definition) is 3. The van der Waals surface area contributed by atoms with Crippen LogP contribution in [0.25, 0.3) is 0 Å². The first-order valence-electron chi connectivity index (χ1n) is 4.14. The molecule has 0 saturated carbocycles. The predicted octanol–water partition coefficient (Wildman–Crippen LogP) is 1.22. The third kappa shape index (κ3) is 7.32. The van der Waals surface area contributed by atoms with E-state index in [0.717, 1.165) is 0 Å². The molecule has 4 nitrogen and oxygen atoms in total. The molecule has 1 unspecified atom stereocenters. The fraction of sp³-hybridized carbons (Fsp3) is 0.857. The number of alkyl halides is 3. The molecule has 0 aromatic rings. The third-order valence-corrected chi connectivity index (χ3v) is 1.80. The first-order chi connectivity index (χ1) is 6.37. The van der Waals surface area contributed by atoms with E-state index in [1.165, 1.54) is 0 Å². The predicted molar refractivity (Wildman–Crippen MR) is 53.0 cm³/mol. The van der Waals surface area contributed by atoms with Crippen molar-refractivity contribution in [2.75, 3.05) is 6.54 Å². The molecule has 1 atom stereocenters. The van der Waals surface area contributed by atoms with Crippen LogP contribution in [-0.2, 0) is 4.79 Å². The van der Waals surface area contributed by atoms with Crippen molar-refractivity contribution in [3.05, 3.63) is 0 Å². The topological polar surface area (TPSA) is 75.3 Å². The van der Waals surface area contributed by atoms with Gasteiger partial charge in [0.15, 0.2) is 0 Å². The van der Waals surface area contributed by atoms with Crippen LogP contribution in [0.1, 0.15) is 19.3 Å². The van der Waals surface area contributed by atoms with E-state index in [9.17, 15) is 9.18 Å². The molecule has 14 heavy (non-hydrogen) atoms. The van der Waals surface area contributed by atoms with Gasteiger partial charge in [0, 0.05) is 0 Å². The number of nitrogens with one attached hydrogen (secondary N) is 1. The average molecular weight is 247 g/mol. The average Bonchev–Trinajstić information content (AvgIpc) is 2.00. The summed E-state index contributed by atoms with van der Waals surface area (Å²) in [5, 5.41) is 10.6. The first-order valence-corrected chi connectivity index (χ1v) is 4.89. The van der Waals surface area contributed by atoms with E-state index in [-0.39, 0.29) is 6.42 Å². The van der Waals surface area contributed by atoms with E-state index in [1.54, 1.807) is 0 Å². The van der Waals surface area contributed by atoms with Gasteiger partial charge in [-0.05, 0) is 42.6 Å².